The van der Waals surface area contributed by atoms with E-state index in [1.54, 1.807) is 12.1 Å². The molecule has 1 heterocycles. The van der Waals surface area contributed by atoms with Gasteiger partial charge in [-0.2, -0.15) is 5.26 Å². The Bertz CT molecular complexity index is 980. The molecular formula is C16H11FN2O4S. The van der Waals surface area contributed by atoms with Gasteiger partial charge in [0.25, 0.3) is 15.9 Å². The molecule has 0 saturated carbocycles. The van der Waals surface area contributed by atoms with E-state index in [9.17, 15) is 17.6 Å². The maximum Gasteiger partial charge on any atom is 0.265 e. The first-order valence-corrected chi connectivity index (χ1v) is 8.42. The smallest absolute Gasteiger partial charge is 0.265 e. The maximum absolute atomic E-state index is 13.6. The Morgan fingerprint density at radius 2 is 2.08 bits per heavy atom. The number of nitrogens with one attached hydrogen (secondary N) is 1. The van der Waals surface area contributed by atoms with Crippen LogP contribution in [0.15, 0.2) is 41.3 Å². The van der Waals surface area contributed by atoms with Crippen LogP contribution in [0.2, 0.25) is 0 Å². The quantitative estimate of drug-likeness (QED) is 0.913. The molecule has 0 bridgehead atoms. The maximum atomic E-state index is 13.6. The van der Waals surface area contributed by atoms with Crippen molar-refractivity contribution in [3.63, 3.8) is 0 Å². The zero-order valence-electron chi connectivity index (χ0n) is 12.2. The second-order valence-corrected chi connectivity index (χ2v) is 6.73. The first-order chi connectivity index (χ1) is 11.4. The summed E-state index contributed by atoms with van der Waals surface area (Å²) in [5.74, 6) is -1.17. The molecule has 24 heavy (non-hydrogen) atoms. The lowest BCUT2D eigenvalue weighted by Gasteiger charge is -2.09. The van der Waals surface area contributed by atoms with Crippen LogP contribution in [-0.4, -0.2) is 20.9 Å². The van der Waals surface area contributed by atoms with Crippen molar-refractivity contribution in [2.45, 2.75) is 11.3 Å². The molecule has 1 aliphatic rings. The molecule has 0 saturated heterocycles. The molecule has 3 rings (SSSR count). The SMILES string of the molecule is N#Cc1c(F)cccc1S(=O)(=O)NC(=O)c1ccc2c(c1)CCO2. The van der Waals surface area contributed by atoms with Gasteiger partial charge in [0.15, 0.2) is 0 Å². The number of hydrogen-bond acceptors (Lipinski definition) is 5. The van der Waals surface area contributed by atoms with E-state index in [0.29, 0.717) is 18.8 Å². The second kappa shape index (κ2) is 5.94. The zero-order valence-corrected chi connectivity index (χ0v) is 13.1. The zero-order chi connectivity index (χ0) is 17.3. The highest BCUT2D eigenvalue weighted by atomic mass is 32.2. The molecule has 8 heteroatoms. The molecule has 2 aromatic carbocycles. The van der Waals surface area contributed by atoms with Crippen molar-refractivity contribution in [3.8, 4) is 11.8 Å². The van der Waals surface area contributed by atoms with Crippen LogP contribution >= 0.6 is 0 Å². The van der Waals surface area contributed by atoms with Gasteiger partial charge in [-0.25, -0.2) is 17.5 Å². The summed E-state index contributed by atoms with van der Waals surface area (Å²) in [6.45, 7) is 0.507. The standard InChI is InChI=1S/C16H11FN2O4S/c17-13-2-1-3-15(12(13)9-18)24(21,22)19-16(20)11-4-5-14-10(8-11)6-7-23-14/h1-5,8H,6-7H2,(H,19,20). The number of ether oxygens (including phenoxy) is 1. The fourth-order valence-electron chi connectivity index (χ4n) is 2.40. The third kappa shape index (κ3) is 2.81. The van der Waals surface area contributed by atoms with Gasteiger partial charge in [-0.15, -0.1) is 0 Å². The van der Waals surface area contributed by atoms with Gasteiger partial charge >= 0.3 is 0 Å². The van der Waals surface area contributed by atoms with Crippen molar-refractivity contribution in [1.82, 2.24) is 4.72 Å². The van der Waals surface area contributed by atoms with E-state index in [-0.39, 0.29) is 5.56 Å². The number of rotatable bonds is 3. The lowest BCUT2D eigenvalue weighted by Crippen LogP contribution is -2.31. The summed E-state index contributed by atoms with van der Waals surface area (Å²) >= 11 is 0. The summed E-state index contributed by atoms with van der Waals surface area (Å²) in [6.07, 6.45) is 0.631. The van der Waals surface area contributed by atoms with Crippen LogP contribution in [0, 0.1) is 17.1 Å². The lowest BCUT2D eigenvalue weighted by molar-refractivity contribution is 0.0981. The Morgan fingerprint density at radius 3 is 2.83 bits per heavy atom. The summed E-state index contributed by atoms with van der Waals surface area (Å²) in [6, 6.07) is 9.26. The molecule has 1 N–H and O–H groups in total. The first-order valence-electron chi connectivity index (χ1n) is 6.94. The van der Waals surface area contributed by atoms with Gasteiger partial charge in [-0.1, -0.05) is 6.07 Å². The van der Waals surface area contributed by atoms with Crippen molar-refractivity contribution in [2.75, 3.05) is 6.61 Å². The molecule has 0 radical (unpaired) electrons. The fraction of sp³-hybridized carbons (Fsp3) is 0.125. The Balaban J connectivity index is 1.92. The summed E-state index contributed by atoms with van der Waals surface area (Å²) in [4.78, 5) is 11.6. The molecule has 1 amide bonds. The van der Waals surface area contributed by atoms with Gasteiger partial charge < -0.3 is 4.74 Å². The molecule has 0 aromatic heterocycles. The number of benzene rings is 2. The molecule has 0 aliphatic carbocycles. The largest absolute Gasteiger partial charge is 0.493 e. The van der Waals surface area contributed by atoms with Crippen molar-refractivity contribution in [1.29, 1.82) is 5.26 Å². The van der Waals surface area contributed by atoms with Gasteiger partial charge in [-0.3, -0.25) is 4.79 Å². The van der Waals surface area contributed by atoms with E-state index < -0.39 is 32.2 Å². The number of fused-ring (bicyclic) bond motifs is 1. The Kier molecular flexibility index (Phi) is 3.95. The molecule has 1 aliphatic heterocycles. The summed E-state index contributed by atoms with van der Waals surface area (Å²) in [5.41, 5.74) is 0.307. The number of nitriles is 1. The van der Waals surface area contributed by atoms with Crippen LogP contribution < -0.4 is 9.46 Å². The third-order valence-corrected chi connectivity index (χ3v) is 4.93. The highest BCUT2D eigenvalue weighted by Crippen LogP contribution is 2.26. The summed E-state index contributed by atoms with van der Waals surface area (Å²) in [7, 11) is -4.38. The van der Waals surface area contributed by atoms with Crippen molar-refractivity contribution < 1.29 is 22.3 Å². The molecule has 0 spiro atoms. The van der Waals surface area contributed by atoms with Gasteiger partial charge in [0.2, 0.25) is 0 Å². The number of halogens is 1. The Hall–Kier alpha value is -2.92. The summed E-state index contributed by atoms with van der Waals surface area (Å²) < 4.78 is 45.4. The minimum absolute atomic E-state index is 0.137. The lowest BCUT2D eigenvalue weighted by atomic mass is 10.1. The number of nitrogens with zero attached hydrogens (tertiary/aromatic N) is 1. The van der Waals surface area contributed by atoms with Crippen molar-refractivity contribution in [3.05, 3.63) is 58.9 Å². The van der Waals surface area contributed by atoms with Crippen LogP contribution in [-0.2, 0) is 16.4 Å². The number of hydrogen-bond donors (Lipinski definition) is 1. The minimum Gasteiger partial charge on any atom is -0.493 e. The van der Waals surface area contributed by atoms with Gasteiger partial charge in [0.05, 0.1) is 6.61 Å². The second-order valence-electron chi connectivity index (χ2n) is 5.08. The third-order valence-electron chi connectivity index (χ3n) is 3.56. The topological polar surface area (TPSA) is 96.3 Å². The van der Waals surface area contributed by atoms with E-state index in [1.807, 2.05) is 4.72 Å². The van der Waals surface area contributed by atoms with Crippen molar-refractivity contribution in [2.24, 2.45) is 0 Å². The average molecular weight is 346 g/mol. The highest BCUT2D eigenvalue weighted by molar-refractivity contribution is 7.90. The Morgan fingerprint density at radius 1 is 1.29 bits per heavy atom. The Labute approximate surface area is 137 Å². The number of sulfonamides is 1. The molecule has 6 nitrogen and oxygen atoms in total. The van der Waals surface area contributed by atoms with Crippen molar-refractivity contribution >= 4 is 15.9 Å². The molecule has 0 unspecified atom stereocenters. The molecule has 0 fully saturated rings. The normalized spacial score (nSPS) is 12.8. The van der Waals surface area contributed by atoms with E-state index in [2.05, 4.69) is 0 Å². The summed E-state index contributed by atoms with van der Waals surface area (Å²) in [5, 5.41) is 8.94. The van der Waals surface area contributed by atoms with Crippen LogP contribution in [0.3, 0.4) is 0 Å². The van der Waals surface area contributed by atoms with Gasteiger partial charge in [0, 0.05) is 12.0 Å². The van der Waals surface area contributed by atoms with E-state index >= 15 is 0 Å². The van der Waals surface area contributed by atoms with Crippen LogP contribution in [0.5, 0.6) is 5.75 Å². The first kappa shape index (κ1) is 16.0. The van der Waals surface area contributed by atoms with E-state index in [0.717, 1.165) is 23.8 Å². The highest BCUT2D eigenvalue weighted by Gasteiger charge is 2.24. The minimum atomic E-state index is -4.38. The monoisotopic (exact) mass is 346 g/mol. The number of carbonyl (C=O) groups is 1. The van der Waals surface area contributed by atoms with E-state index in [4.69, 9.17) is 10.00 Å². The number of carbonyl (C=O) groups excluding carboxylic acids is 1. The predicted molar refractivity (Wildman–Crippen MR) is 81.4 cm³/mol. The molecule has 0 atom stereocenters. The molecule has 2 aromatic rings. The van der Waals surface area contributed by atoms with Crippen LogP contribution in [0.25, 0.3) is 0 Å². The van der Waals surface area contributed by atoms with Crippen LogP contribution in [0.1, 0.15) is 21.5 Å². The predicted octanol–water partition coefficient (Wildman–Crippen LogP) is 1.75. The van der Waals surface area contributed by atoms with Gasteiger partial charge in [-0.05, 0) is 35.9 Å². The number of amides is 1. The van der Waals surface area contributed by atoms with Gasteiger partial charge in [0.1, 0.15) is 28.1 Å². The average Bonchev–Trinajstić information content (AvgIpc) is 3.01. The van der Waals surface area contributed by atoms with E-state index in [1.165, 1.54) is 12.1 Å². The molecular weight excluding hydrogens is 335 g/mol. The molecule has 122 valence electrons. The van der Waals surface area contributed by atoms with Crippen LogP contribution in [0.4, 0.5) is 4.39 Å². The fourth-order valence-corrected chi connectivity index (χ4v) is 3.54.